The molecule has 0 atom stereocenters. The number of hydrogen-bond donors (Lipinski definition) is 4. The van der Waals surface area contributed by atoms with Crippen molar-refractivity contribution in [2.24, 2.45) is 5.29 Å². The topological polar surface area (TPSA) is 143 Å². The van der Waals surface area contributed by atoms with Gasteiger partial charge in [-0.2, -0.15) is 0 Å². The van der Waals surface area contributed by atoms with Crippen molar-refractivity contribution in [3.8, 4) is 0 Å². The molecule has 0 aliphatic carbocycles. The lowest BCUT2D eigenvalue weighted by Gasteiger charge is -2.23. The molecule has 3 rings (SSSR count). The van der Waals surface area contributed by atoms with E-state index >= 15 is 0 Å². The molecule has 184 valence electrons. The fraction of sp³-hybridized carbons (Fsp3) is 0.280. The molecule has 0 fully saturated rings. The largest absolute Gasteiger partial charge is 0.481 e. The number of hydrogen-bond acceptors (Lipinski definition) is 7. The van der Waals surface area contributed by atoms with Crippen LogP contribution in [0.2, 0.25) is 0 Å². The highest BCUT2D eigenvalue weighted by atomic mass is 16.4. The van der Waals surface area contributed by atoms with Crippen molar-refractivity contribution >= 4 is 34.0 Å². The number of fused-ring (bicyclic) bond motifs is 1. The Balaban J connectivity index is 1.95. The summed E-state index contributed by atoms with van der Waals surface area (Å²) in [4.78, 5) is 37.0. The van der Waals surface area contributed by atoms with E-state index < -0.39 is 11.9 Å². The molecule has 10 nitrogen and oxygen atoms in total. The number of nitrogens with one attached hydrogen (secondary N) is 1. The average Bonchev–Trinajstić information content (AvgIpc) is 2.87. The zero-order valence-electron chi connectivity index (χ0n) is 19.1. The Morgan fingerprint density at radius 2 is 1.63 bits per heavy atom. The molecule has 0 heterocycles. The Labute approximate surface area is 202 Å². The van der Waals surface area contributed by atoms with Crippen LogP contribution < -0.4 is 10.3 Å². The monoisotopic (exact) mass is 480 g/mol. The van der Waals surface area contributed by atoms with Crippen LogP contribution in [0.5, 0.6) is 0 Å². The van der Waals surface area contributed by atoms with Crippen molar-refractivity contribution < 1.29 is 24.9 Å². The second-order valence-electron chi connectivity index (χ2n) is 7.81. The minimum absolute atomic E-state index is 0.0322. The van der Waals surface area contributed by atoms with Crippen LogP contribution in [0.3, 0.4) is 0 Å². The van der Waals surface area contributed by atoms with E-state index in [-0.39, 0.29) is 50.5 Å². The van der Waals surface area contributed by atoms with Gasteiger partial charge in [0.2, 0.25) is 0 Å². The van der Waals surface area contributed by atoms with Gasteiger partial charge in [-0.05, 0) is 34.5 Å². The Hall–Kier alpha value is -4.02. The highest BCUT2D eigenvalue weighted by molar-refractivity contribution is 5.96. The van der Waals surface area contributed by atoms with E-state index in [9.17, 15) is 24.7 Å². The number of aliphatic hydroxyl groups is 2. The highest BCUT2D eigenvalue weighted by Gasteiger charge is 2.20. The van der Waals surface area contributed by atoms with Gasteiger partial charge in [-0.3, -0.25) is 9.59 Å². The van der Waals surface area contributed by atoms with Crippen LogP contribution >= 0.6 is 0 Å². The number of anilines is 2. The summed E-state index contributed by atoms with van der Waals surface area (Å²) in [7, 11) is 0. The molecule has 0 unspecified atom stereocenters. The van der Waals surface area contributed by atoms with E-state index in [1.54, 1.807) is 12.1 Å². The summed E-state index contributed by atoms with van der Waals surface area (Å²) >= 11 is 0. The number of carboxylic acids is 1. The third-order valence-electron chi connectivity index (χ3n) is 5.54. The standard InChI is InChI=1S/C25H28N4O6/c30-14-12-28(13-15-31)25(34)19-8-9-22(23(16-19)29(27-35)11-10-24(32)33)26-17-20-6-3-5-18-4-1-2-7-21(18)20/h1-9,16,26,30-31H,10-15,17H2,(H,32,33). The summed E-state index contributed by atoms with van der Waals surface area (Å²) in [5, 5.41) is 37.0. The average molecular weight is 481 g/mol. The lowest BCUT2D eigenvalue weighted by molar-refractivity contribution is -0.136. The second-order valence-corrected chi connectivity index (χ2v) is 7.81. The lowest BCUT2D eigenvalue weighted by atomic mass is 10.0. The molecule has 0 aliphatic rings. The van der Waals surface area contributed by atoms with Crippen LogP contribution in [0.4, 0.5) is 11.4 Å². The van der Waals surface area contributed by atoms with Crippen LogP contribution in [0, 0.1) is 4.91 Å². The second kappa shape index (κ2) is 12.4. The fourth-order valence-corrected chi connectivity index (χ4v) is 3.81. The molecule has 0 saturated heterocycles. The Bertz CT molecular complexity index is 1170. The highest BCUT2D eigenvalue weighted by Crippen LogP contribution is 2.30. The molecular weight excluding hydrogens is 452 g/mol. The number of nitroso groups, excluding NO2 is 1. The molecule has 3 aromatic carbocycles. The molecule has 0 bridgehead atoms. The maximum Gasteiger partial charge on any atom is 0.305 e. The van der Waals surface area contributed by atoms with Crippen LogP contribution in [0.15, 0.2) is 65.9 Å². The summed E-state index contributed by atoms with van der Waals surface area (Å²) in [6.07, 6.45) is -0.326. The number of benzene rings is 3. The maximum atomic E-state index is 13.0. The fourth-order valence-electron chi connectivity index (χ4n) is 3.81. The van der Waals surface area contributed by atoms with Gasteiger partial charge in [-0.25, -0.2) is 5.01 Å². The molecule has 0 aromatic heterocycles. The van der Waals surface area contributed by atoms with E-state index in [0.717, 1.165) is 21.3 Å². The molecule has 35 heavy (non-hydrogen) atoms. The van der Waals surface area contributed by atoms with Gasteiger partial charge in [0.25, 0.3) is 5.91 Å². The van der Waals surface area contributed by atoms with Gasteiger partial charge in [0.15, 0.2) is 0 Å². The van der Waals surface area contributed by atoms with Crippen molar-refractivity contribution in [2.75, 3.05) is 43.2 Å². The number of rotatable bonds is 13. The van der Waals surface area contributed by atoms with Crippen LogP contribution in [0.1, 0.15) is 22.3 Å². The van der Waals surface area contributed by atoms with E-state index in [2.05, 4.69) is 10.6 Å². The first kappa shape index (κ1) is 25.6. The molecular formula is C25H28N4O6. The normalized spacial score (nSPS) is 10.7. The Morgan fingerprint density at radius 1 is 0.914 bits per heavy atom. The van der Waals surface area contributed by atoms with Crippen molar-refractivity contribution in [3.63, 3.8) is 0 Å². The number of carboxylic acid groups (broad SMARTS) is 1. The van der Waals surface area contributed by atoms with Crippen molar-refractivity contribution in [2.45, 2.75) is 13.0 Å². The molecule has 0 spiro atoms. The van der Waals surface area contributed by atoms with Gasteiger partial charge in [-0.15, -0.1) is 4.91 Å². The minimum Gasteiger partial charge on any atom is -0.481 e. The first-order chi connectivity index (χ1) is 17.0. The number of carbonyl (C=O) groups excluding carboxylic acids is 1. The quantitative estimate of drug-likeness (QED) is 0.216. The first-order valence-electron chi connectivity index (χ1n) is 11.2. The summed E-state index contributed by atoms with van der Waals surface area (Å²) in [6.45, 7) is -0.256. The number of amides is 1. The maximum absolute atomic E-state index is 13.0. The predicted molar refractivity (Wildman–Crippen MR) is 133 cm³/mol. The van der Waals surface area contributed by atoms with Crippen molar-refractivity contribution in [1.29, 1.82) is 0 Å². The third-order valence-corrected chi connectivity index (χ3v) is 5.54. The Morgan fingerprint density at radius 3 is 2.31 bits per heavy atom. The summed E-state index contributed by atoms with van der Waals surface area (Å²) in [5.41, 5.74) is 1.97. The summed E-state index contributed by atoms with van der Waals surface area (Å²) < 4.78 is 0. The summed E-state index contributed by atoms with van der Waals surface area (Å²) in [6, 6.07) is 18.5. The SMILES string of the molecule is O=NN(CCC(=O)O)c1cc(C(=O)N(CCO)CCO)ccc1NCc1cccc2ccccc12. The van der Waals surface area contributed by atoms with Crippen molar-refractivity contribution in [1.82, 2.24) is 4.90 Å². The van der Waals surface area contributed by atoms with E-state index in [0.29, 0.717) is 12.2 Å². The molecule has 0 saturated carbocycles. The lowest BCUT2D eigenvalue weighted by Crippen LogP contribution is -2.36. The number of nitrogens with zero attached hydrogens (tertiary/aromatic N) is 3. The zero-order chi connectivity index (χ0) is 25.2. The predicted octanol–water partition coefficient (Wildman–Crippen LogP) is 2.84. The first-order valence-corrected chi connectivity index (χ1v) is 11.2. The van der Waals surface area contributed by atoms with Crippen LogP contribution in [-0.4, -0.2) is 64.9 Å². The molecule has 0 aliphatic heterocycles. The van der Waals surface area contributed by atoms with Gasteiger partial charge in [0, 0.05) is 25.2 Å². The van der Waals surface area contributed by atoms with E-state index in [4.69, 9.17) is 5.11 Å². The van der Waals surface area contributed by atoms with Gasteiger partial charge in [-0.1, -0.05) is 42.5 Å². The smallest absolute Gasteiger partial charge is 0.305 e. The molecule has 3 aromatic rings. The van der Waals surface area contributed by atoms with Crippen molar-refractivity contribution in [3.05, 3.63) is 76.7 Å². The van der Waals surface area contributed by atoms with Gasteiger partial charge in [0.1, 0.15) is 0 Å². The molecule has 4 N–H and O–H groups in total. The zero-order valence-corrected chi connectivity index (χ0v) is 19.1. The number of carbonyl (C=O) groups is 2. The van der Waals surface area contributed by atoms with Crippen LogP contribution in [-0.2, 0) is 11.3 Å². The Kier molecular flexibility index (Phi) is 9.10. The molecule has 1 amide bonds. The minimum atomic E-state index is -1.09. The number of aliphatic hydroxyl groups excluding tert-OH is 2. The van der Waals surface area contributed by atoms with Gasteiger partial charge >= 0.3 is 5.97 Å². The summed E-state index contributed by atoms with van der Waals surface area (Å²) in [5.74, 6) is -1.53. The molecule has 0 radical (unpaired) electrons. The van der Waals surface area contributed by atoms with E-state index in [1.807, 2.05) is 42.5 Å². The van der Waals surface area contributed by atoms with Gasteiger partial charge < -0.3 is 25.5 Å². The van der Waals surface area contributed by atoms with E-state index in [1.165, 1.54) is 11.0 Å². The third kappa shape index (κ3) is 6.52. The van der Waals surface area contributed by atoms with Gasteiger partial charge in [0.05, 0.1) is 42.8 Å². The van der Waals surface area contributed by atoms with Crippen LogP contribution in [0.25, 0.3) is 10.8 Å². The molecule has 10 heteroatoms. The number of aliphatic carboxylic acids is 1.